The number of aliphatic carboxylic acids is 1. The molecular formula is C23H22FNO5. The molecule has 2 N–H and O–H groups in total. The Morgan fingerprint density at radius 1 is 1.10 bits per heavy atom. The largest absolute Gasteiger partial charge is 0.494 e. The van der Waals surface area contributed by atoms with Crippen molar-refractivity contribution in [1.29, 1.82) is 0 Å². The molecule has 0 unspecified atom stereocenters. The Morgan fingerprint density at radius 2 is 1.77 bits per heavy atom. The topological polar surface area (TPSA) is 88.8 Å². The molecule has 0 spiro atoms. The average molecular weight is 411 g/mol. The molecule has 1 aromatic heterocycles. The van der Waals surface area contributed by atoms with Crippen LogP contribution in [0.5, 0.6) is 11.6 Å². The summed E-state index contributed by atoms with van der Waals surface area (Å²) < 4.78 is 20.8. The van der Waals surface area contributed by atoms with Crippen molar-refractivity contribution in [3.63, 3.8) is 0 Å². The summed E-state index contributed by atoms with van der Waals surface area (Å²) in [4.78, 5) is 23.9. The highest BCUT2D eigenvalue weighted by Crippen LogP contribution is 2.33. The highest BCUT2D eigenvalue weighted by molar-refractivity contribution is 5.69. The second-order valence-corrected chi connectivity index (χ2v) is 6.89. The first-order chi connectivity index (χ1) is 14.4. The van der Waals surface area contributed by atoms with E-state index in [-0.39, 0.29) is 48.9 Å². The molecule has 0 aliphatic rings. The Balaban J connectivity index is 2.12. The summed E-state index contributed by atoms with van der Waals surface area (Å²) in [5.41, 5.74) is 1.23. The molecule has 0 aliphatic carbocycles. The van der Waals surface area contributed by atoms with E-state index in [1.807, 2.05) is 30.3 Å². The zero-order chi connectivity index (χ0) is 21.7. The lowest BCUT2D eigenvalue weighted by atomic mass is 10.1. The molecule has 0 radical (unpaired) electrons. The van der Waals surface area contributed by atoms with E-state index in [0.29, 0.717) is 5.56 Å². The molecule has 1 heterocycles. The minimum Gasteiger partial charge on any atom is -0.494 e. The summed E-state index contributed by atoms with van der Waals surface area (Å²) >= 11 is 0. The van der Waals surface area contributed by atoms with Crippen molar-refractivity contribution in [3.8, 4) is 22.9 Å². The van der Waals surface area contributed by atoms with Gasteiger partial charge in [-0.25, -0.2) is 4.39 Å². The van der Waals surface area contributed by atoms with Gasteiger partial charge in [0.25, 0.3) is 0 Å². The maximum Gasteiger partial charge on any atom is 0.303 e. The third-order valence-corrected chi connectivity index (χ3v) is 4.74. The van der Waals surface area contributed by atoms with E-state index in [1.165, 1.54) is 35.8 Å². The van der Waals surface area contributed by atoms with Crippen LogP contribution < -0.4 is 10.2 Å². The Morgan fingerprint density at radius 3 is 2.40 bits per heavy atom. The SMILES string of the molecule is Cc1c(O)n(CCCC(=O)O)c(-c2ccc(F)cc2)c(OCc2ccccc2)c1=O. The second-order valence-electron chi connectivity index (χ2n) is 6.89. The van der Waals surface area contributed by atoms with Crippen molar-refractivity contribution < 1.29 is 24.1 Å². The van der Waals surface area contributed by atoms with Crippen LogP contribution in [0, 0.1) is 12.7 Å². The van der Waals surface area contributed by atoms with E-state index < -0.39 is 17.2 Å². The van der Waals surface area contributed by atoms with Crippen LogP contribution in [0.3, 0.4) is 0 Å². The predicted molar refractivity (Wildman–Crippen MR) is 110 cm³/mol. The fraction of sp³-hybridized carbons (Fsp3) is 0.217. The number of carbonyl (C=O) groups is 1. The minimum absolute atomic E-state index is 0.0242. The zero-order valence-electron chi connectivity index (χ0n) is 16.5. The lowest BCUT2D eigenvalue weighted by Crippen LogP contribution is -2.19. The smallest absolute Gasteiger partial charge is 0.303 e. The van der Waals surface area contributed by atoms with Crippen LogP contribution in [0.1, 0.15) is 24.0 Å². The van der Waals surface area contributed by atoms with Gasteiger partial charge in [-0.3, -0.25) is 9.59 Å². The highest BCUT2D eigenvalue weighted by Gasteiger charge is 2.22. The number of hydrogen-bond acceptors (Lipinski definition) is 4. The molecule has 156 valence electrons. The molecule has 0 amide bonds. The number of carboxylic acid groups (broad SMARTS) is 1. The summed E-state index contributed by atoms with van der Waals surface area (Å²) in [7, 11) is 0. The van der Waals surface area contributed by atoms with Crippen LogP contribution in [-0.4, -0.2) is 20.7 Å². The van der Waals surface area contributed by atoms with E-state index in [1.54, 1.807) is 0 Å². The quantitative estimate of drug-likeness (QED) is 0.582. The van der Waals surface area contributed by atoms with Crippen LogP contribution in [0.15, 0.2) is 59.4 Å². The van der Waals surface area contributed by atoms with E-state index in [0.717, 1.165) is 5.56 Å². The number of halogens is 1. The van der Waals surface area contributed by atoms with Gasteiger partial charge in [0.2, 0.25) is 5.43 Å². The standard InChI is InChI=1S/C23H22FNO5/c1-15-21(28)22(30-14-16-6-3-2-4-7-16)20(17-9-11-18(24)12-10-17)25(23(15)29)13-5-8-19(26)27/h2-4,6-7,9-12,29H,5,8,13-14H2,1H3,(H,26,27). The predicted octanol–water partition coefficient (Wildman–Crippen LogP) is 4.11. The molecule has 0 atom stereocenters. The maximum atomic E-state index is 13.5. The molecule has 3 aromatic rings. The van der Waals surface area contributed by atoms with Gasteiger partial charge in [-0.15, -0.1) is 0 Å². The fourth-order valence-corrected chi connectivity index (χ4v) is 3.17. The van der Waals surface area contributed by atoms with Gasteiger partial charge in [0.05, 0.1) is 11.3 Å². The van der Waals surface area contributed by atoms with Crippen molar-refractivity contribution in [3.05, 3.63) is 81.8 Å². The van der Waals surface area contributed by atoms with E-state index in [2.05, 4.69) is 0 Å². The molecule has 2 aromatic carbocycles. The molecule has 0 saturated carbocycles. The van der Waals surface area contributed by atoms with Gasteiger partial charge < -0.3 is 19.5 Å². The van der Waals surface area contributed by atoms with Crippen LogP contribution in [0.25, 0.3) is 11.3 Å². The van der Waals surface area contributed by atoms with Gasteiger partial charge in [-0.1, -0.05) is 30.3 Å². The van der Waals surface area contributed by atoms with Crippen molar-refractivity contribution in [2.45, 2.75) is 32.9 Å². The third kappa shape index (κ3) is 4.68. The van der Waals surface area contributed by atoms with Gasteiger partial charge >= 0.3 is 5.97 Å². The number of aromatic nitrogens is 1. The molecule has 0 aliphatic heterocycles. The summed E-state index contributed by atoms with van der Waals surface area (Å²) in [6, 6.07) is 14.8. The van der Waals surface area contributed by atoms with Gasteiger partial charge in [-0.2, -0.15) is 0 Å². The number of nitrogens with zero attached hydrogens (tertiary/aromatic N) is 1. The summed E-state index contributed by atoms with van der Waals surface area (Å²) in [6.07, 6.45) is 0.130. The number of hydrogen-bond donors (Lipinski definition) is 2. The maximum absolute atomic E-state index is 13.5. The number of carboxylic acids is 1. The molecule has 30 heavy (non-hydrogen) atoms. The Bertz CT molecular complexity index is 1090. The molecule has 0 bridgehead atoms. The summed E-state index contributed by atoms with van der Waals surface area (Å²) in [6.45, 7) is 1.76. The average Bonchev–Trinajstić information content (AvgIpc) is 2.74. The van der Waals surface area contributed by atoms with Crippen molar-refractivity contribution in [2.24, 2.45) is 0 Å². The van der Waals surface area contributed by atoms with Gasteiger partial charge in [-0.05, 0) is 43.2 Å². The van der Waals surface area contributed by atoms with E-state index in [9.17, 15) is 19.1 Å². The molecule has 3 rings (SSSR count). The second kappa shape index (κ2) is 9.26. The minimum atomic E-state index is -0.962. The first-order valence-electron chi connectivity index (χ1n) is 9.49. The number of benzene rings is 2. The molecule has 7 heteroatoms. The van der Waals surface area contributed by atoms with Gasteiger partial charge in [0, 0.05) is 18.5 Å². The number of ether oxygens (including phenoxy) is 1. The van der Waals surface area contributed by atoms with E-state index >= 15 is 0 Å². The molecule has 0 fully saturated rings. The van der Waals surface area contributed by atoms with Crippen molar-refractivity contribution in [2.75, 3.05) is 0 Å². The first-order valence-corrected chi connectivity index (χ1v) is 9.49. The van der Waals surface area contributed by atoms with Crippen LogP contribution in [-0.2, 0) is 17.9 Å². The number of pyridine rings is 1. The first kappa shape index (κ1) is 21.1. The molecule has 6 nitrogen and oxygen atoms in total. The lowest BCUT2D eigenvalue weighted by Gasteiger charge is -2.21. The van der Waals surface area contributed by atoms with Crippen LogP contribution in [0.2, 0.25) is 0 Å². The van der Waals surface area contributed by atoms with Crippen LogP contribution in [0.4, 0.5) is 4.39 Å². The van der Waals surface area contributed by atoms with Crippen molar-refractivity contribution in [1.82, 2.24) is 4.57 Å². The molecule has 0 saturated heterocycles. The molecular weight excluding hydrogens is 389 g/mol. The van der Waals surface area contributed by atoms with E-state index in [4.69, 9.17) is 9.84 Å². The number of aromatic hydroxyl groups is 1. The Kier molecular flexibility index (Phi) is 6.51. The van der Waals surface area contributed by atoms with Crippen LogP contribution >= 0.6 is 0 Å². The monoisotopic (exact) mass is 411 g/mol. The summed E-state index contributed by atoms with van der Waals surface area (Å²) in [5.74, 6) is -1.65. The van der Waals surface area contributed by atoms with Gasteiger partial charge in [0.15, 0.2) is 11.6 Å². The lowest BCUT2D eigenvalue weighted by molar-refractivity contribution is -0.137. The highest BCUT2D eigenvalue weighted by atomic mass is 19.1. The van der Waals surface area contributed by atoms with Gasteiger partial charge in [0.1, 0.15) is 12.4 Å². The Hall–Kier alpha value is -3.61. The van der Waals surface area contributed by atoms with Crippen molar-refractivity contribution >= 4 is 5.97 Å². The summed E-state index contributed by atoms with van der Waals surface area (Å²) in [5, 5.41) is 19.6. The fourth-order valence-electron chi connectivity index (χ4n) is 3.17. The zero-order valence-corrected chi connectivity index (χ0v) is 16.5. The Labute approximate surface area is 172 Å². The normalized spacial score (nSPS) is 10.7. The number of rotatable bonds is 8. The third-order valence-electron chi connectivity index (χ3n) is 4.74.